The topological polar surface area (TPSA) is 29.3 Å². The Bertz CT molecular complexity index is 666. The Balaban J connectivity index is 1.58. The summed E-state index contributed by atoms with van der Waals surface area (Å²) >= 11 is 5.91. The number of halogens is 1. The van der Waals surface area contributed by atoms with E-state index in [4.69, 9.17) is 16.1 Å². The van der Waals surface area contributed by atoms with Gasteiger partial charge in [-0.05, 0) is 55.6 Å². The van der Waals surface area contributed by atoms with E-state index in [1.54, 1.807) is 0 Å². The lowest BCUT2D eigenvalue weighted by atomic mass is 9.83. The number of rotatable bonds is 2. The smallest absolute Gasteiger partial charge is 0.160 e. The maximum absolute atomic E-state index is 5.91. The monoisotopic (exact) mass is 300 g/mol. The second-order valence-corrected chi connectivity index (χ2v) is 6.33. The van der Waals surface area contributed by atoms with E-state index in [2.05, 4.69) is 16.1 Å². The third kappa shape index (κ3) is 2.63. The Labute approximate surface area is 129 Å². The Hall–Kier alpha value is -1.58. The van der Waals surface area contributed by atoms with Crippen molar-refractivity contribution < 1.29 is 4.52 Å². The lowest BCUT2D eigenvalue weighted by Gasteiger charge is -2.40. The molecule has 1 aromatic carbocycles. The fourth-order valence-corrected chi connectivity index (χ4v) is 3.44. The van der Waals surface area contributed by atoms with Crippen LogP contribution in [0.5, 0.6) is 0 Å². The Morgan fingerprint density at radius 2 is 1.95 bits per heavy atom. The molecule has 3 aliphatic heterocycles. The van der Waals surface area contributed by atoms with Crippen LogP contribution in [0.4, 0.5) is 0 Å². The van der Waals surface area contributed by atoms with Crippen LogP contribution in [0.2, 0.25) is 5.02 Å². The van der Waals surface area contributed by atoms with Gasteiger partial charge in [0.1, 0.15) is 5.69 Å². The standard InChI is InChI=1S/C17H17ClN2O/c18-15-3-1-13(2-4-15)17-10-16(21-19-17)9-14-11-20-7-5-12(14)6-8-20/h1-4,9-10,12H,5-8,11H2. The quantitative estimate of drug-likeness (QED) is 0.836. The number of aromatic nitrogens is 1. The zero-order valence-corrected chi connectivity index (χ0v) is 12.5. The van der Waals surface area contributed by atoms with Gasteiger partial charge in [0, 0.05) is 23.2 Å². The molecule has 0 radical (unpaired) electrons. The van der Waals surface area contributed by atoms with Crippen molar-refractivity contribution in [2.24, 2.45) is 5.92 Å². The van der Waals surface area contributed by atoms with Gasteiger partial charge >= 0.3 is 0 Å². The summed E-state index contributed by atoms with van der Waals surface area (Å²) in [4.78, 5) is 2.52. The van der Waals surface area contributed by atoms with E-state index in [9.17, 15) is 0 Å². The van der Waals surface area contributed by atoms with Crippen molar-refractivity contribution in [1.29, 1.82) is 0 Å². The van der Waals surface area contributed by atoms with Gasteiger partial charge in [-0.3, -0.25) is 4.90 Å². The van der Waals surface area contributed by atoms with Crippen molar-refractivity contribution in [2.75, 3.05) is 19.6 Å². The van der Waals surface area contributed by atoms with Gasteiger partial charge in [-0.15, -0.1) is 0 Å². The molecule has 2 aromatic rings. The summed E-state index contributed by atoms with van der Waals surface area (Å²) < 4.78 is 5.48. The average molecular weight is 301 g/mol. The van der Waals surface area contributed by atoms with Crippen LogP contribution in [0.1, 0.15) is 18.6 Å². The molecular weight excluding hydrogens is 284 g/mol. The van der Waals surface area contributed by atoms with Crippen LogP contribution in [0.15, 0.2) is 40.4 Å². The molecule has 108 valence electrons. The van der Waals surface area contributed by atoms with Crippen LogP contribution in [0.25, 0.3) is 17.3 Å². The minimum absolute atomic E-state index is 0.733. The Kier molecular flexibility index (Phi) is 3.32. The van der Waals surface area contributed by atoms with Crippen LogP contribution in [0, 0.1) is 5.92 Å². The molecule has 1 aromatic heterocycles. The van der Waals surface area contributed by atoms with Crippen LogP contribution in [-0.4, -0.2) is 29.7 Å². The van der Waals surface area contributed by atoms with Crippen molar-refractivity contribution in [3.8, 4) is 11.3 Å². The minimum Gasteiger partial charge on any atom is -0.356 e. The van der Waals surface area contributed by atoms with Crippen LogP contribution in [-0.2, 0) is 0 Å². The van der Waals surface area contributed by atoms with Gasteiger partial charge in [-0.2, -0.15) is 0 Å². The molecular formula is C17H17ClN2O. The van der Waals surface area contributed by atoms with Crippen molar-refractivity contribution in [3.05, 3.63) is 46.7 Å². The van der Waals surface area contributed by atoms with Gasteiger partial charge < -0.3 is 4.52 Å². The number of nitrogens with zero attached hydrogens (tertiary/aromatic N) is 2. The Morgan fingerprint density at radius 1 is 1.19 bits per heavy atom. The summed E-state index contributed by atoms with van der Waals surface area (Å²) in [5, 5.41) is 4.90. The number of hydrogen-bond acceptors (Lipinski definition) is 3. The van der Waals surface area contributed by atoms with Crippen molar-refractivity contribution in [2.45, 2.75) is 12.8 Å². The lowest BCUT2D eigenvalue weighted by Crippen LogP contribution is -2.42. The van der Waals surface area contributed by atoms with E-state index in [0.29, 0.717) is 0 Å². The first kappa shape index (κ1) is 13.1. The molecule has 21 heavy (non-hydrogen) atoms. The van der Waals surface area contributed by atoms with E-state index in [1.807, 2.05) is 30.3 Å². The van der Waals surface area contributed by atoms with Gasteiger partial charge in [0.25, 0.3) is 0 Å². The molecule has 0 N–H and O–H groups in total. The van der Waals surface area contributed by atoms with E-state index in [1.165, 1.54) is 31.5 Å². The molecule has 3 nitrogen and oxygen atoms in total. The van der Waals surface area contributed by atoms with E-state index >= 15 is 0 Å². The maximum atomic E-state index is 5.91. The molecule has 0 unspecified atom stereocenters. The molecule has 3 aliphatic rings. The summed E-state index contributed by atoms with van der Waals surface area (Å²) in [5.41, 5.74) is 3.38. The Morgan fingerprint density at radius 3 is 2.62 bits per heavy atom. The largest absolute Gasteiger partial charge is 0.356 e. The first-order chi connectivity index (χ1) is 10.3. The van der Waals surface area contributed by atoms with Crippen LogP contribution in [0.3, 0.4) is 0 Å². The maximum Gasteiger partial charge on any atom is 0.160 e. The molecule has 2 bridgehead atoms. The summed E-state index contributed by atoms with van der Waals surface area (Å²) in [6.45, 7) is 3.57. The van der Waals surface area contributed by atoms with Gasteiger partial charge in [0.2, 0.25) is 0 Å². The van der Waals surface area contributed by atoms with E-state index in [-0.39, 0.29) is 0 Å². The number of hydrogen-bond donors (Lipinski definition) is 0. The predicted molar refractivity (Wildman–Crippen MR) is 84.1 cm³/mol. The summed E-state index contributed by atoms with van der Waals surface area (Å²) in [6.07, 6.45) is 4.75. The predicted octanol–water partition coefficient (Wildman–Crippen LogP) is 4.10. The molecule has 0 saturated carbocycles. The summed E-state index contributed by atoms with van der Waals surface area (Å²) in [6, 6.07) is 9.68. The first-order valence-electron chi connectivity index (χ1n) is 7.43. The van der Waals surface area contributed by atoms with Crippen molar-refractivity contribution in [3.63, 3.8) is 0 Å². The SMILES string of the molecule is Clc1ccc(-c2cc(C=C3CN4CCC3CC4)on2)cc1. The molecule has 0 atom stereocenters. The summed E-state index contributed by atoms with van der Waals surface area (Å²) in [5.74, 6) is 1.59. The lowest BCUT2D eigenvalue weighted by molar-refractivity contribution is 0.163. The molecule has 3 fully saturated rings. The second-order valence-electron chi connectivity index (χ2n) is 5.89. The zero-order valence-electron chi connectivity index (χ0n) is 11.8. The van der Waals surface area contributed by atoms with Crippen LogP contribution < -0.4 is 0 Å². The molecule has 4 heterocycles. The van der Waals surface area contributed by atoms with E-state index < -0.39 is 0 Å². The fraction of sp³-hybridized carbons (Fsp3) is 0.353. The highest BCUT2D eigenvalue weighted by molar-refractivity contribution is 6.30. The minimum atomic E-state index is 0.733. The van der Waals surface area contributed by atoms with Gasteiger partial charge in [0.05, 0.1) is 0 Å². The number of piperidine rings is 3. The number of benzene rings is 1. The van der Waals surface area contributed by atoms with Gasteiger partial charge in [0.15, 0.2) is 5.76 Å². The molecule has 3 saturated heterocycles. The van der Waals surface area contributed by atoms with Crippen molar-refractivity contribution in [1.82, 2.24) is 10.1 Å². The average Bonchev–Trinajstić information content (AvgIpc) is 2.98. The highest BCUT2D eigenvalue weighted by Crippen LogP contribution is 2.33. The fourth-order valence-electron chi connectivity index (χ4n) is 3.31. The first-order valence-corrected chi connectivity index (χ1v) is 7.81. The zero-order chi connectivity index (χ0) is 14.2. The molecule has 0 aliphatic carbocycles. The molecule has 0 spiro atoms. The second kappa shape index (κ2) is 5.32. The summed E-state index contributed by atoms with van der Waals surface area (Å²) in [7, 11) is 0. The highest BCUT2D eigenvalue weighted by atomic mass is 35.5. The van der Waals surface area contributed by atoms with Crippen LogP contribution >= 0.6 is 11.6 Å². The van der Waals surface area contributed by atoms with Gasteiger partial charge in [-0.25, -0.2) is 0 Å². The molecule has 5 rings (SSSR count). The highest BCUT2D eigenvalue weighted by Gasteiger charge is 2.29. The third-order valence-electron chi connectivity index (χ3n) is 4.51. The third-order valence-corrected chi connectivity index (χ3v) is 4.77. The number of fused-ring (bicyclic) bond motifs is 3. The van der Waals surface area contributed by atoms with Gasteiger partial charge in [-0.1, -0.05) is 28.9 Å². The van der Waals surface area contributed by atoms with Crippen molar-refractivity contribution >= 4 is 17.7 Å². The normalized spacial score (nSPS) is 26.4. The molecule has 4 heteroatoms. The molecule has 0 amide bonds. The van der Waals surface area contributed by atoms with E-state index in [0.717, 1.165) is 34.5 Å².